The highest BCUT2D eigenvalue weighted by Gasteiger charge is 2.26. The Kier molecular flexibility index (Phi) is 10.3. The smallest absolute Gasteiger partial charge is 0.410 e. The molecule has 3 N–H and O–H groups in total. The van der Waals surface area contributed by atoms with Crippen molar-refractivity contribution in [2.45, 2.75) is 76.7 Å². The molecule has 1 heterocycles. The van der Waals surface area contributed by atoms with Gasteiger partial charge in [0.2, 0.25) is 0 Å². The molecule has 0 bridgehead atoms. The van der Waals surface area contributed by atoms with Crippen LogP contribution in [0.25, 0.3) is 0 Å². The Hall–Kier alpha value is -1.50. The first-order chi connectivity index (χ1) is 13.2. The molecule has 1 aliphatic carbocycles. The van der Waals surface area contributed by atoms with Crippen molar-refractivity contribution in [2.75, 3.05) is 39.3 Å². The second-order valence-electron chi connectivity index (χ2n) is 7.76. The number of urea groups is 1. The third-order valence-corrected chi connectivity index (χ3v) is 5.55. The predicted molar refractivity (Wildman–Crippen MR) is 107 cm³/mol. The van der Waals surface area contributed by atoms with E-state index in [1.807, 2.05) is 0 Å². The van der Waals surface area contributed by atoms with Gasteiger partial charge in [0.15, 0.2) is 0 Å². The number of carbonyl (C=O) groups is 2. The minimum Gasteiger partial charge on any atom is -0.446 e. The van der Waals surface area contributed by atoms with Crippen LogP contribution in [0, 0.1) is 0 Å². The zero-order valence-corrected chi connectivity index (χ0v) is 16.8. The van der Waals surface area contributed by atoms with E-state index < -0.39 is 0 Å². The van der Waals surface area contributed by atoms with Crippen LogP contribution in [0.4, 0.5) is 9.59 Å². The minimum absolute atomic E-state index is 0.0261. The fourth-order valence-corrected chi connectivity index (χ4v) is 3.78. The molecular formula is C20H38N4O3. The molecule has 0 aromatic rings. The number of rotatable bonds is 7. The van der Waals surface area contributed by atoms with E-state index >= 15 is 0 Å². The normalized spacial score (nSPS) is 19.3. The standard InChI is InChI=1S/C20H38N4O3/c21-12-8-4-5-9-13-22-19(25)23-14-16-24(17-15-23)20(26)27-18-10-6-2-1-3-7-11-18/h18H,1-17,21H2,(H,22,25). The summed E-state index contributed by atoms with van der Waals surface area (Å²) in [4.78, 5) is 28.2. The van der Waals surface area contributed by atoms with E-state index in [0.29, 0.717) is 32.7 Å². The van der Waals surface area contributed by atoms with Gasteiger partial charge in [0.25, 0.3) is 0 Å². The molecule has 0 unspecified atom stereocenters. The molecule has 0 spiro atoms. The zero-order valence-electron chi connectivity index (χ0n) is 16.8. The van der Waals surface area contributed by atoms with E-state index in [1.54, 1.807) is 9.80 Å². The lowest BCUT2D eigenvalue weighted by atomic mass is 9.99. The van der Waals surface area contributed by atoms with Gasteiger partial charge in [0, 0.05) is 32.7 Å². The number of unbranched alkanes of at least 4 members (excludes halogenated alkanes) is 3. The Morgan fingerprint density at radius 3 is 2.11 bits per heavy atom. The van der Waals surface area contributed by atoms with Gasteiger partial charge in [0.05, 0.1) is 0 Å². The average molecular weight is 383 g/mol. The molecule has 2 aliphatic rings. The summed E-state index contributed by atoms with van der Waals surface area (Å²) in [6.45, 7) is 3.68. The number of carbonyl (C=O) groups excluding carboxylic acids is 2. The van der Waals surface area contributed by atoms with Crippen LogP contribution in [-0.4, -0.2) is 67.3 Å². The van der Waals surface area contributed by atoms with Crippen molar-refractivity contribution in [3.05, 3.63) is 0 Å². The van der Waals surface area contributed by atoms with Crippen LogP contribution in [0.3, 0.4) is 0 Å². The van der Waals surface area contributed by atoms with E-state index in [-0.39, 0.29) is 18.2 Å². The van der Waals surface area contributed by atoms with Crippen LogP contribution in [0.5, 0.6) is 0 Å². The number of piperazine rings is 1. The molecule has 0 atom stereocenters. The van der Waals surface area contributed by atoms with Crippen LogP contribution in [-0.2, 0) is 4.74 Å². The lowest BCUT2D eigenvalue weighted by molar-refractivity contribution is 0.0401. The Morgan fingerprint density at radius 2 is 1.44 bits per heavy atom. The van der Waals surface area contributed by atoms with Crippen LogP contribution < -0.4 is 11.1 Å². The summed E-state index contributed by atoms with van der Waals surface area (Å²) < 4.78 is 5.73. The van der Waals surface area contributed by atoms with Crippen molar-refractivity contribution in [1.82, 2.24) is 15.1 Å². The summed E-state index contributed by atoms with van der Waals surface area (Å²) in [6.07, 6.45) is 12.2. The first kappa shape index (κ1) is 21.8. The highest BCUT2D eigenvalue weighted by atomic mass is 16.6. The predicted octanol–water partition coefficient (Wildman–Crippen LogP) is 3.08. The summed E-state index contributed by atoms with van der Waals surface area (Å²) in [5, 5.41) is 2.97. The second kappa shape index (κ2) is 12.8. The molecule has 156 valence electrons. The molecule has 7 heteroatoms. The molecule has 1 saturated heterocycles. The average Bonchev–Trinajstić information content (AvgIpc) is 2.66. The fourth-order valence-electron chi connectivity index (χ4n) is 3.78. The van der Waals surface area contributed by atoms with Crippen LogP contribution >= 0.6 is 0 Å². The number of nitrogens with one attached hydrogen (secondary N) is 1. The van der Waals surface area contributed by atoms with Gasteiger partial charge in [-0.15, -0.1) is 0 Å². The van der Waals surface area contributed by atoms with E-state index in [2.05, 4.69) is 5.32 Å². The largest absolute Gasteiger partial charge is 0.446 e. The number of amides is 3. The zero-order chi connectivity index (χ0) is 19.3. The van der Waals surface area contributed by atoms with Crippen molar-refractivity contribution >= 4 is 12.1 Å². The Labute approximate surface area is 164 Å². The van der Waals surface area contributed by atoms with Gasteiger partial charge >= 0.3 is 12.1 Å². The van der Waals surface area contributed by atoms with Crippen molar-refractivity contribution in [3.63, 3.8) is 0 Å². The summed E-state index contributed by atoms with van der Waals surface area (Å²) in [5.41, 5.74) is 5.47. The van der Waals surface area contributed by atoms with Gasteiger partial charge < -0.3 is 25.6 Å². The molecule has 1 saturated carbocycles. The van der Waals surface area contributed by atoms with Gasteiger partial charge in [-0.3, -0.25) is 0 Å². The molecule has 3 amide bonds. The van der Waals surface area contributed by atoms with Gasteiger partial charge in [-0.25, -0.2) is 9.59 Å². The van der Waals surface area contributed by atoms with E-state index in [4.69, 9.17) is 10.5 Å². The lowest BCUT2D eigenvalue weighted by Gasteiger charge is -2.35. The summed E-state index contributed by atoms with van der Waals surface area (Å²) >= 11 is 0. The maximum Gasteiger partial charge on any atom is 0.410 e. The molecule has 2 rings (SSSR count). The summed E-state index contributed by atoms with van der Waals surface area (Å²) in [5.74, 6) is 0. The minimum atomic E-state index is -0.208. The number of nitrogens with zero attached hydrogens (tertiary/aromatic N) is 2. The summed E-state index contributed by atoms with van der Waals surface area (Å²) in [6, 6.07) is -0.0261. The molecule has 27 heavy (non-hydrogen) atoms. The Balaban J connectivity index is 1.60. The van der Waals surface area contributed by atoms with Crippen LogP contribution in [0.1, 0.15) is 70.6 Å². The Bertz CT molecular complexity index is 431. The molecule has 2 fully saturated rings. The molecule has 7 nitrogen and oxygen atoms in total. The first-order valence-corrected chi connectivity index (χ1v) is 10.9. The molecule has 0 aromatic carbocycles. The third kappa shape index (κ3) is 8.37. The maximum atomic E-state index is 12.4. The highest BCUT2D eigenvalue weighted by molar-refractivity contribution is 5.75. The lowest BCUT2D eigenvalue weighted by Crippen LogP contribution is -2.53. The molecule has 0 aromatic heterocycles. The molecule has 1 aliphatic heterocycles. The van der Waals surface area contributed by atoms with Gasteiger partial charge in [-0.05, 0) is 45.1 Å². The number of hydrogen-bond acceptors (Lipinski definition) is 4. The van der Waals surface area contributed by atoms with Gasteiger partial charge in [0.1, 0.15) is 6.10 Å². The van der Waals surface area contributed by atoms with Crippen LogP contribution in [0.2, 0.25) is 0 Å². The Morgan fingerprint density at radius 1 is 0.852 bits per heavy atom. The van der Waals surface area contributed by atoms with Gasteiger partial charge in [-0.2, -0.15) is 0 Å². The topological polar surface area (TPSA) is 87.9 Å². The number of nitrogens with two attached hydrogens (primary N) is 1. The molecular weight excluding hydrogens is 344 g/mol. The van der Waals surface area contributed by atoms with Crippen molar-refractivity contribution in [3.8, 4) is 0 Å². The second-order valence-corrected chi connectivity index (χ2v) is 7.76. The molecule has 0 radical (unpaired) electrons. The monoisotopic (exact) mass is 382 g/mol. The quantitative estimate of drug-likeness (QED) is 0.662. The number of hydrogen-bond donors (Lipinski definition) is 2. The van der Waals surface area contributed by atoms with E-state index in [0.717, 1.165) is 57.9 Å². The van der Waals surface area contributed by atoms with Crippen molar-refractivity contribution in [1.29, 1.82) is 0 Å². The third-order valence-electron chi connectivity index (χ3n) is 5.55. The van der Waals surface area contributed by atoms with E-state index in [1.165, 1.54) is 19.3 Å². The fraction of sp³-hybridized carbons (Fsp3) is 0.900. The van der Waals surface area contributed by atoms with E-state index in [9.17, 15) is 9.59 Å². The van der Waals surface area contributed by atoms with Gasteiger partial charge in [-0.1, -0.05) is 32.1 Å². The van der Waals surface area contributed by atoms with Crippen LogP contribution in [0.15, 0.2) is 0 Å². The maximum absolute atomic E-state index is 12.4. The SMILES string of the molecule is NCCCCCCNC(=O)N1CCN(C(=O)OC2CCCCCCC2)CC1. The summed E-state index contributed by atoms with van der Waals surface area (Å²) in [7, 11) is 0. The highest BCUT2D eigenvalue weighted by Crippen LogP contribution is 2.20. The first-order valence-electron chi connectivity index (χ1n) is 10.9. The number of ether oxygens (including phenoxy) is 1. The van der Waals surface area contributed by atoms with Crippen molar-refractivity contribution in [2.24, 2.45) is 5.73 Å². The van der Waals surface area contributed by atoms with Crippen molar-refractivity contribution < 1.29 is 14.3 Å².